The molecule has 0 heterocycles. The van der Waals surface area contributed by atoms with E-state index in [-0.39, 0.29) is 40.6 Å². The summed E-state index contributed by atoms with van der Waals surface area (Å²) in [4.78, 5) is 29.7. The van der Waals surface area contributed by atoms with Gasteiger partial charge in [0.05, 0.1) is 11.9 Å². The van der Waals surface area contributed by atoms with Crippen LogP contribution >= 0.6 is 23.2 Å². The van der Waals surface area contributed by atoms with Crippen molar-refractivity contribution in [1.82, 2.24) is 10.2 Å². The lowest BCUT2D eigenvalue weighted by Gasteiger charge is -2.35. The molecule has 1 aliphatic rings. The van der Waals surface area contributed by atoms with Crippen LogP contribution in [0.5, 0.6) is 0 Å². The molecule has 42 heavy (non-hydrogen) atoms. The lowest BCUT2D eigenvalue weighted by atomic mass is 9.94. The molecule has 7 nitrogen and oxygen atoms in total. The molecule has 1 unspecified atom stereocenters. The van der Waals surface area contributed by atoms with E-state index in [4.69, 9.17) is 23.2 Å². The average molecular weight is 631 g/mol. The number of aryl methyl sites for hydroxylation is 1. The Morgan fingerprint density at radius 2 is 1.52 bits per heavy atom. The number of carbonyl (C=O) groups is 2. The van der Waals surface area contributed by atoms with Crippen LogP contribution in [0.4, 0.5) is 5.69 Å². The Morgan fingerprint density at radius 3 is 2.12 bits per heavy atom. The van der Waals surface area contributed by atoms with Crippen LogP contribution in [0, 0.1) is 6.92 Å². The minimum Gasteiger partial charge on any atom is -0.352 e. The SMILES string of the molecule is Cc1ccc(CN(C(=O)CN(c2cc(Cl)cc(Cl)c2)S(C)(=O)=O)C(Cc2ccccc2)C(=O)NC2CCCCC2)cc1. The molecule has 4 rings (SSSR count). The number of rotatable bonds is 11. The van der Waals surface area contributed by atoms with E-state index in [2.05, 4.69) is 5.32 Å². The third-order valence-electron chi connectivity index (χ3n) is 7.51. The van der Waals surface area contributed by atoms with Crippen molar-refractivity contribution < 1.29 is 18.0 Å². The van der Waals surface area contributed by atoms with E-state index in [1.165, 1.54) is 23.1 Å². The number of benzene rings is 3. The summed E-state index contributed by atoms with van der Waals surface area (Å²) in [6.07, 6.45) is 6.33. The van der Waals surface area contributed by atoms with E-state index in [0.717, 1.165) is 59.4 Å². The molecular formula is C32H37Cl2N3O4S. The lowest BCUT2D eigenvalue weighted by Crippen LogP contribution is -2.55. The summed E-state index contributed by atoms with van der Waals surface area (Å²) in [5.74, 6) is -0.764. The van der Waals surface area contributed by atoms with Gasteiger partial charge in [0.15, 0.2) is 0 Å². The van der Waals surface area contributed by atoms with E-state index < -0.39 is 28.5 Å². The van der Waals surface area contributed by atoms with Crippen LogP contribution in [-0.4, -0.2) is 50.0 Å². The van der Waals surface area contributed by atoms with Crippen LogP contribution in [0.3, 0.4) is 0 Å². The summed E-state index contributed by atoms with van der Waals surface area (Å²) in [7, 11) is -3.92. The van der Waals surface area contributed by atoms with Crippen LogP contribution in [-0.2, 0) is 32.6 Å². The van der Waals surface area contributed by atoms with Gasteiger partial charge in [0, 0.05) is 29.1 Å². The molecule has 0 spiro atoms. The largest absolute Gasteiger partial charge is 0.352 e. The van der Waals surface area contributed by atoms with Crippen molar-refractivity contribution in [2.45, 2.75) is 64.1 Å². The topological polar surface area (TPSA) is 86.8 Å². The second kappa shape index (κ2) is 14.4. The molecule has 3 aromatic rings. The number of sulfonamides is 1. The van der Waals surface area contributed by atoms with Gasteiger partial charge in [-0.3, -0.25) is 13.9 Å². The Kier molecular flexibility index (Phi) is 10.9. The van der Waals surface area contributed by atoms with Crippen molar-refractivity contribution in [2.75, 3.05) is 17.1 Å². The Hall–Kier alpha value is -3.07. The smallest absolute Gasteiger partial charge is 0.244 e. The highest BCUT2D eigenvalue weighted by atomic mass is 35.5. The van der Waals surface area contributed by atoms with Gasteiger partial charge in [-0.05, 0) is 49.1 Å². The van der Waals surface area contributed by atoms with E-state index in [1.807, 2.05) is 61.5 Å². The van der Waals surface area contributed by atoms with Crippen molar-refractivity contribution in [1.29, 1.82) is 0 Å². The minimum atomic E-state index is -3.92. The molecule has 0 bridgehead atoms. The van der Waals surface area contributed by atoms with Gasteiger partial charge in [0.2, 0.25) is 21.8 Å². The van der Waals surface area contributed by atoms with Crippen molar-refractivity contribution >= 4 is 50.7 Å². The molecule has 224 valence electrons. The van der Waals surface area contributed by atoms with Gasteiger partial charge in [-0.25, -0.2) is 8.42 Å². The standard InChI is InChI=1S/C32H37Cl2N3O4S/c1-23-13-15-25(16-14-23)21-36(31(38)22-37(42(2,40)41)29-19-26(33)18-27(34)20-29)30(17-24-9-5-3-6-10-24)32(39)35-28-11-7-4-8-12-28/h3,5-6,9-10,13-16,18-20,28,30H,4,7-8,11-12,17,21-22H2,1-2H3,(H,35,39). The molecule has 0 radical (unpaired) electrons. The quantitative estimate of drug-likeness (QED) is 0.275. The van der Waals surface area contributed by atoms with Gasteiger partial charge in [-0.1, -0.05) is 103 Å². The normalized spacial score (nSPS) is 14.7. The third kappa shape index (κ3) is 8.96. The van der Waals surface area contributed by atoms with E-state index >= 15 is 0 Å². The molecule has 1 N–H and O–H groups in total. The third-order valence-corrected chi connectivity index (χ3v) is 9.09. The van der Waals surface area contributed by atoms with Gasteiger partial charge in [-0.15, -0.1) is 0 Å². The number of hydrogen-bond acceptors (Lipinski definition) is 4. The predicted molar refractivity (Wildman–Crippen MR) is 169 cm³/mol. The van der Waals surface area contributed by atoms with Gasteiger partial charge in [-0.2, -0.15) is 0 Å². The molecule has 0 aliphatic heterocycles. The molecule has 2 amide bonds. The van der Waals surface area contributed by atoms with Crippen LogP contribution in [0.25, 0.3) is 0 Å². The van der Waals surface area contributed by atoms with E-state index in [0.29, 0.717) is 0 Å². The van der Waals surface area contributed by atoms with Crippen LogP contribution < -0.4 is 9.62 Å². The number of anilines is 1. The molecule has 3 aromatic carbocycles. The molecule has 10 heteroatoms. The summed E-state index contributed by atoms with van der Waals surface area (Å²) < 4.78 is 26.9. The highest BCUT2D eigenvalue weighted by molar-refractivity contribution is 7.92. The molecule has 0 saturated heterocycles. The zero-order chi connectivity index (χ0) is 30.3. The number of nitrogens with one attached hydrogen (secondary N) is 1. The Morgan fingerprint density at radius 1 is 0.905 bits per heavy atom. The highest BCUT2D eigenvalue weighted by Gasteiger charge is 2.34. The van der Waals surface area contributed by atoms with Crippen molar-refractivity contribution in [3.05, 3.63) is 99.5 Å². The minimum absolute atomic E-state index is 0.0435. The average Bonchev–Trinajstić information content (AvgIpc) is 2.94. The first kappa shape index (κ1) is 31.9. The van der Waals surface area contributed by atoms with Crippen molar-refractivity contribution in [3.8, 4) is 0 Å². The zero-order valence-electron chi connectivity index (χ0n) is 23.9. The summed E-state index contributed by atoms with van der Waals surface area (Å²) in [6.45, 7) is 1.58. The molecule has 1 atom stereocenters. The van der Waals surface area contributed by atoms with Gasteiger partial charge >= 0.3 is 0 Å². The van der Waals surface area contributed by atoms with Gasteiger partial charge in [0.25, 0.3) is 0 Å². The molecule has 1 fully saturated rings. The molecule has 1 saturated carbocycles. The first-order valence-electron chi connectivity index (χ1n) is 14.1. The summed E-state index contributed by atoms with van der Waals surface area (Å²) in [6, 6.07) is 20.8. The maximum absolute atomic E-state index is 14.2. The number of nitrogens with zero attached hydrogens (tertiary/aromatic N) is 2. The van der Waals surface area contributed by atoms with E-state index in [1.54, 1.807) is 0 Å². The number of hydrogen-bond donors (Lipinski definition) is 1. The second-order valence-electron chi connectivity index (χ2n) is 11.0. The van der Waals surface area contributed by atoms with Crippen LogP contribution in [0.1, 0.15) is 48.8 Å². The van der Waals surface area contributed by atoms with Gasteiger partial charge in [0.1, 0.15) is 12.6 Å². The molecule has 0 aromatic heterocycles. The van der Waals surface area contributed by atoms with Crippen molar-refractivity contribution in [3.63, 3.8) is 0 Å². The fourth-order valence-electron chi connectivity index (χ4n) is 5.29. The lowest BCUT2D eigenvalue weighted by molar-refractivity contribution is -0.140. The Labute approximate surface area is 258 Å². The zero-order valence-corrected chi connectivity index (χ0v) is 26.3. The fraction of sp³-hybridized carbons (Fsp3) is 0.375. The number of halogens is 2. The maximum atomic E-state index is 14.2. The second-order valence-corrected chi connectivity index (χ2v) is 13.7. The monoisotopic (exact) mass is 629 g/mol. The van der Waals surface area contributed by atoms with Crippen LogP contribution in [0.15, 0.2) is 72.8 Å². The summed E-state index contributed by atoms with van der Waals surface area (Å²) >= 11 is 12.4. The van der Waals surface area contributed by atoms with Crippen LogP contribution in [0.2, 0.25) is 10.0 Å². The van der Waals surface area contributed by atoms with Gasteiger partial charge < -0.3 is 10.2 Å². The first-order chi connectivity index (χ1) is 20.0. The molecule has 1 aliphatic carbocycles. The molecular weight excluding hydrogens is 593 g/mol. The summed E-state index contributed by atoms with van der Waals surface area (Å²) in [5.41, 5.74) is 2.96. The van der Waals surface area contributed by atoms with Crippen molar-refractivity contribution in [2.24, 2.45) is 0 Å². The number of carbonyl (C=O) groups excluding carboxylic acids is 2. The highest BCUT2D eigenvalue weighted by Crippen LogP contribution is 2.28. The first-order valence-corrected chi connectivity index (χ1v) is 16.7. The fourth-order valence-corrected chi connectivity index (χ4v) is 6.63. The number of amides is 2. The predicted octanol–water partition coefficient (Wildman–Crippen LogP) is 6.16. The Bertz CT molecular complexity index is 1460. The van der Waals surface area contributed by atoms with E-state index in [9.17, 15) is 18.0 Å². The maximum Gasteiger partial charge on any atom is 0.244 e. The Balaban J connectivity index is 1.73. The summed E-state index contributed by atoms with van der Waals surface area (Å²) in [5, 5.41) is 3.68.